The average molecular weight is 213 g/mol. The molecule has 0 spiro atoms. The molecule has 0 amide bonds. The first-order chi connectivity index (χ1) is 7.10. The van der Waals surface area contributed by atoms with Gasteiger partial charge >= 0.3 is 5.97 Å². The van der Waals surface area contributed by atoms with Gasteiger partial charge in [-0.2, -0.15) is 0 Å². The first-order valence-corrected chi connectivity index (χ1v) is 6.00. The molecule has 3 nitrogen and oxygen atoms in total. The molecule has 0 aromatic carbocycles. The van der Waals surface area contributed by atoms with E-state index in [2.05, 4.69) is 25.7 Å². The highest BCUT2D eigenvalue weighted by Crippen LogP contribution is 2.25. The van der Waals surface area contributed by atoms with Crippen molar-refractivity contribution in [3.63, 3.8) is 0 Å². The Hall–Kier alpha value is -0.570. The van der Waals surface area contributed by atoms with Crippen molar-refractivity contribution in [2.75, 3.05) is 19.7 Å². The summed E-state index contributed by atoms with van der Waals surface area (Å²) >= 11 is 0. The molecule has 0 aliphatic carbocycles. The van der Waals surface area contributed by atoms with Crippen LogP contribution in [0.3, 0.4) is 0 Å². The van der Waals surface area contributed by atoms with Gasteiger partial charge in [-0.1, -0.05) is 20.8 Å². The minimum atomic E-state index is -0.0544. The number of carbonyl (C=O) groups excluding carboxylic acids is 1. The van der Waals surface area contributed by atoms with E-state index in [0.717, 1.165) is 19.5 Å². The van der Waals surface area contributed by atoms with Crippen LogP contribution in [0.1, 0.15) is 34.1 Å². The van der Waals surface area contributed by atoms with Gasteiger partial charge in [0.2, 0.25) is 0 Å². The molecule has 1 fully saturated rings. The summed E-state index contributed by atoms with van der Waals surface area (Å²) in [6, 6.07) is -0.0302. The Morgan fingerprint density at radius 1 is 1.33 bits per heavy atom. The molecule has 0 saturated carbocycles. The Balaban J connectivity index is 2.56. The fourth-order valence-electron chi connectivity index (χ4n) is 2.24. The summed E-state index contributed by atoms with van der Waals surface area (Å²) in [7, 11) is 0. The third-order valence-corrected chi connectivity index (χ3v) is 3.40. The van der Waals surface area contributed by atoms with Gasteiger partial charge in [0.25, 0.3) is 0 Å². The molecule has 1 rings (SSSR count). The lowest BCUT2D eigenvalue weighted by molar-refractivity contribution is -0.149. The van der Waals surface area contributed by atoms with Crippen LogP contribution in [-0.2, 0) is 9.53 Å². The van der Waals surface area contributed by atoms with Gasteiger partial charge < -0.3 is 4.74 Å². The number of ether oxygens (including phenoxy) is 1. The summed E-state index contributed by atoms with van der Waals surface area (Å²) in [6.07, 6.45) is 0.846. The van der Waals surface area contributed by atoms with Gasteiger partial charge in [-0.3, -0.25) is 9.69 Å². The zero-order chi connectivity index (χ0) is 11.4. The summed E-state index contributed by atoms with van der Waals surface area (Å²) in [6.45, 7) is 10.9. The van der Waals surface area contributed by atoms with Crippen molar-refractivity contribution in [3.05, 3.63) is 0 Å². The Labute approximate surface area is 92.8 Å². The van der Waals surface area contributed by atoms with E-state index in [1.165, 1.54) is 0 Å². The molecule has 1 heterocycles. The highest BCUT2D eigenvalue weighted by molar-refractivity contribution is 5.75. The number of hydrogen-bond acceptors (Lipinski definition) is 3. The summed E-state index contributed by atoms with van der Waals surface area (Å²) < 4.78 is 5.10. The van der Waals surface area contributed by atoms with Crippen LogP contribution in [0.15, 0.2) is 0 Å². The minimum Gasteiger partial charge on any atom is -0.465 e. The Morgan fingerprint density at radius 3 is 2.27 bits per heavy atom. The van der Waals surface area contributed by atoms with Crippen molar-refractivity contribution in [1.82, 2.24) is 4.90 Å². The van der Waals surface area contributed by atoms with Gasteiger partial charge in [0.1, 0.15) is 6.04 Å². The van der Waals surface area contributed by atoms with Crippen LogP contribution in [0.25, 0.3) is 0 Å². The van der Waals surface area contributed by atoms with Gasteiger partial charge in [-0.25, -0.2) is 0 Å². The van der Waals surface area contributed by atoms with E-state index < -0.39 is 0 Å². The van der Waals surface area contributed by atoms with E-state index in [4.69, 9.17) is 4.74 Å². The standard InChI is InChI=1S/C12H23NO2/c1-5-11(12(14)15-6-2)13-7-9(3)10(4)8-13/h9-11H,5-8H2,1-4H3. The van der Waals surface area contributed by atoms with E-state index in [1.54, 1.807) is 0 Å². The van der Waals surface area contributed by atoms with E-state index in [9.17, 15) is 4.79 Å². The zero-order valence-corrected chi connectivity index (χ0v) is 10.3. The number of carbonyl (C=O) groups is 1. The summed E-state index contributed by atoms with van der Waals surface area (Å²) in [5.41, 5.74) is 0. The summed E-state index contributed by atoms with van der Waals surface area (Å²) in [5.74, 6) is 1.32. The van der Waals surface area contributed by atoms with Crippen molar-refractivity contribution in [1.29, 1.82) is 0 Å². The maximum Gasteiger partial charge on any atom is 0.323 e. The van der Waals surface area contributed by atoms with Crippen LogP contribution in [0.4, 0.5) is 0 Å². The molecule has 1 aliphatic heterocycles. The molecule has 0 bridgehead atoms. The van der Waals surface area contributed by atoms with Gasteiger partial charge in [0.05, 0.1) is 6.61 Å². The topological polar surface area (TPSA) is 29.5 Å². The molecular formula is C12H23NO2. The monoisotopic (exact) mass is 213 g/mol. The average Bonchev–Trinajstić information content (AvgIpc) is 2.48. The predicted molar refractivity (Wildman–Crippen MR) is 60.6 cm³/mol. The number of likely N-dealkylation sites (tertiary alicyclic amines) is 1. The smallest absolute Gasteiger partial charge is 0.323 e. The second kappa shape index (κ2) is 5.50. The molecule has 0 aromatic rings. The second-order valence-corrected chi connectivity index (χ2v) is 4.58. The van der Waals surface area contributed by atoms with Crippen LogP contribution in [0, 0.1) is 11.8 Å². The SMILES string of the molecule is CCOC(=O)C(CC)N1CC(C)C(C)C1. The fourth-order valence-corrected chi connectivity index (χ4v) is 2.24. The van der Waals surface area contributed by atoms with Gasteiger partial charge in [0, 0.05) is 13.1 Å². The van der Waals surface area contributed by atoms with E-state index in [-0.39, 0.29) is 12.0 Å². The first kappa shape index (κ1) is 12.5. The Bertz CT molecular complexity index is 208. The largest absolute Gasteiger partial charge is 0.465 e. The molecule has 88 valence electrons. The molecule has 0 radical (unpaired) electrons. The molecule has 15 heavy (non-hydrogen) atoms. The van der Waals surface area contributed by atoms with E-state index >= 15 is 0 Å². The lowest BCUT2D eigenvalue weighted by Crippen LogP contribution is -2.40. The Morgan fingerprint density at radius 2 is 1.87 bits per heavy atom. The quantitative estimate of drug-likeness (QED) is 0.668. The lowest BCUT2D eigenvalue weighted by Gasteiger charge is -2.24. The van der Waals surface area contributed by atoms with Crippen molar-refractivity contribution >= 4 is 5.97 Å². The van der Waals surface area contributed by atoms with Crippen LogP contribution >= 0.6 is 0 Å². The van der Waals surface area contributed by atoms with Crippen molar-refractivity contribution in [2.45, 2.75) is 40.2 Å². The Kier molecular flexibility index (Phi) is 4.58. The van der Waals surface area contributed by atoms with E-state index in [1.807, 2.05) is 6.92 Å². The van der Waals surface area contributed by atoms with Gasteiger partial charge in [0.15, 0.2) is 0 Å². The normalized spacial score (nSPS) is 29.1. The maximum absolute atomic E-state index is 11.7. The molecular weight excluding hydrogens is 190 g/mol. The van der Waals surface area contributed by atoms with Gasteiger partial charge in [-0.05, 0) is 25.2 Å². The van der Waals surface area contributed by atoms with Crippen LogP contribution in [-0.4, -0.2) is 36.6 Å². The molecule has 0 aromatic heterocycles. The molecule has 3 atom stereocenters. The zero-order valence-electron chi connectivity index (χ0n) is 10.3. The van der Waals surface area contributed by atoms with Crippen molar-refractivity contribution in [3.8, 4) is 0 Å². The summed E-state index contributed by atoms with van der Waals surface area (Å²) in [4.78, 5) is 14.0. The number of rotatable bonds is 4. The predicted octanol–water partition coefficient (Wildman–Crippen LogP) is 1.92. The highest BCUT2D eigenvalue weighted by atomic mass is 16.5. The fraction of sp³-hybridized carbons (Fsp3) is 0.917. The third-order valence-electron chi connectivity index (χ3n) is 3.40. The number of esters is 1. The number of hydrogen-bond donors (Lipinski definition) is 0. The maximum atomic E-state index is 11.7. The minimum absolute atomic E-state index is 0.0302. The van der Waals surface area contributed by atoms with Crippen LogP contribution in [0.5, 0.6) is 0 Å². The number of nitrogens with zero attached hydrogens (tertiary/aromatic N) is 1. The van der Waals surface area contributed by atoms with Gasteiger partial charge in [-0.15, -0.1) is 0 Å². The van der Waals surface area contributed by atoms with E-state index in [0.29, 0.717) is 18.4 Å². The third kappa shape index (κ3) is 2.94. The lowest BCUT2D eigenvalue weighted by atomic mass is 10.0. The van der Waals surface area contributed by atoms with Crippen LogP contribution < -0.4 is 0 Å². The van der Waals surface area contributed by atoms with Crippen molar-refractivity contribution < 1.29 is 9.53 Å². The van der Waals surface area contributed by atoms with Crippen LogP contribution in [0.2, 0.25) is 0 Å². The molecule has 3 unspecified atom stereocenters. The summed E-state index contributed by atoms with van der Waals surface area (Å²) in [5, 5.41) is 0. The molecule has 1 saturated heterocycles. The van der Waals surface area contributed by atoms with Crippen molar-refractivity contribution in [2.24, 2.45) is 11.8 Å². The molecule has 0 N–H and O–H groups in total. The molecule has 3 heteroatoms. The first-order valence-electron chi connectivity index (χ1n) is 6.00. The molecule has 1 aliphatic rings. The highest BCUT2D eigenvalue weighted by Gasteiger charge is 2.34. The second-order valence-electron chi connectivity index (χ2n) is 4.58.